The van der Waals surface area contributed by atoms with Crippen LogP contribution in [-0.2, 0) is 9.47 Å². The SMILES string of the molecule is C1=C[C@@H](N2c3ccccc3Oc3ccccc32)CC1.CC(C)(C)OC(=O)OC1C=CCC1.O[C@H]1[C@@H](O)CC[C@@H]1N1c2ccccc2Oc2ccccc21.c1ccc2c(c1)Nc1ccccc1O2. The molecule has 3 N–H and O–H groups in total. The standard InChI is InChI=1S/C17H17NO3.C17H15NO.C12H9NO.C10H16O3/c19-14-10-9-13(17(14)20)18-11-5-1-3-7-15(11)21-16-8-4-2-6-12(16)18;1-2-8-13(7-1)18-14-9-3-5-11-16(14)19-17-12-6-4-10-15(17)18;1-3-7-11-9(5-1)13-10-6-2-4-8-12(10)14-11;1-10(2,3)13-9(11)12-8-6-4-5-7-8/h1-8,13-14,17,19-20H,9-10H2;1,3-7,9-13H,2,8H2;1-8,13H;4,6,8H,5,7H2,1-3H3/t13-,14-,17+;13-;;/m01../s1. The molecule has 344 valence electrons. The summed E-state index contributed by atoms with van der Waals surface area (Å²) < 4.78 is 27.7. The van der Waals surface area contributed by atoms with Crippen molar-refractivity contribution in [3.8, 4) is 34.5 Å². The number of rotatable bonds is 3. The third-order valence-electron chi connectivity index (χ3n) is 12.0. The van der Waals surface area contributed by atoms with Gasteiger partial charge < -0.3 is 49.0 Å². The van der Waals surface area contributed by atoms with Gasteiger partial charge in [-0.15, -0.1) is 0 Å². The lowest BCUT2D eigenvalue weighted by atomic mass is 10.1. The maximum absolute atomic E-state index is 11.1. The van der Waals surface area contributed by atoms with Gasteiger partial charge in [-0.25, -0.2) is 4.79 Å². The topological polar surface area (TPSA) is 122 Å². The van der Waals surface area contributed by atoms with Gasteiger partial charge in [0.05, 0.1) is 52.3 Å². The van der Waals surface area contributed by atoms with Crippen LogP contribution >= 0.6 is 0 Å². The van der Waals surface area contributed by atoms with Crippen molar-refractivity contribution in [3.05, 3.63) is 170 Å². The molecule has 67 heavy (non-hydrogen) atoms. The summed E-state index contributed by atoms with van der Waals surface area (Å²) >= 11 is 0. The molecule has 6 aliphatic rings. The number of benzene rings is 6. The largest absolute Gasteiger partial charge is 0.509 e. The zero-order chi connectivity index (χ0) is 46.3. The van der Waals surface area contributed by atoms with Crippen molar-refractivity contribution >= 4 is 40.3 Å². The van der Waals surface area contributed by atoms with E-state index >= 15 is 0 Å². The molecule has 3 aliphatic carbocycles. The van der Waals surface area contributed by atoms with E-state index in [4.69, 9.17) is 23.7 Å². The maximum Gasteiger partial charge on any atom is 0.509 e. The highest BCUT2D eigenvalue weighted by Gasteiger charge is 2.41. The number of para-hydroxylation sites is 12. The highest BCUT2D eigenvalue weighted by molar-refractivity contribution is 5.80. The first-order chi connectivity index (χ1) is 32.6. The van der Waals surface area contributed by atoms with Crippen LogP contribution in [0.25, 0.3) is 0 Å². The molecule has 12 rings (SSSR count). The monoisotopic (exact) mass is 899 g/mol. The molecule has 11 heteroatoms. The Morgan fingerprint density at radius 2 is 0.985 bits per heavy atom. The van der Waals surface area contributed by atoms with Crippen LogP contribution < -0.4 is 29.3 Å². The number of hydrogen-bond acceptors (Lipinski definition) is 11. The first-order valence-corrected chi connectivity index (χ1v) is 23.1. The Kier molecular flexibility index (Phi) is 13.5. The number of ether oxygens (including phenoxy) is 5. The highest BCUT2D eigenvalue weighted by atomic mass is 16.7. The van der Waals surface area contributed by atoms with Gasteiger partial charge in [0, 0.05) is 0 Å². The van der Waals surface area contributed by atoms with E-state index in [0.717, 1.165) is 94.3 Å². The molecule has 6 aromatic carbocycles. The van der Waals surface area contributed by atoms with Crippen molar-refractivity contribution in [2.45, 2.75) is 95.3 Å². The summed E-state index contributed by atoms with van der Waals surface area (Å²) in [5.41, 5.74) is 5.77. The molecule has 1 saturated carbocycles. The van der Waals surface area contributed by atoms with Gasteiger partial charge in [0.2, 0.25) is 0 Å². The minimum atomic E-state index is -0.746. The Morgan fingerprint density at radius 1 is 0.552 bits per heavy atom. The lowest BCUT2D eigenvalue weighted by Gasteiger charge is -2.38. The molecule has 0 bridgehead atoms. The van der Waals surface area contributed by atoms with E-state index in [1.54, 1.807) is 0 Å². The summed E-state index contributed by atoms with van der Waals surface area (Å²) in [7, 11) is 0. The number of nitrogens with zero attached hydrogens (tertiary/aromatic N) is 2. The first-order valence-electron chi connectivity index (χ1n) is 23.1. The molecule has 3 aliphatic heterocycles. The van der Waals surface area contributed by atoms with Crippen LogP contribution in [-0.4, -0.2) is 52.4 Å². The number of carbonyl (C=O) groups excluding carboxylic acids is 1. The van der Waals surface area contributed by atoms with Gasteiger partial charge in [0.25, 0.3) is 0 Å². The Labute approximate surface area is 392 Å². The zero-order valence-corrected chi connectivity index (χ0v) is 38.0. The molecule has 1 unspecified atom stereocenters. The Bertz CT molecular complexity index is 2550. The zero-order valence-electron chi connectivity index (χ0n) is 38.0. The van der Waals surface area contributed by atoms with Crippen molar-refractivity contribution in [1.82, 2.24) is 0 Å². The van der Waals surface area contributed by atoms with E-state index in [1.807, 2.05) is 154 Å². The predicted molar refractivity (Wildman–Crippen MR) is 263 cm³/mol. The molecular weight excluding hydrogens is 843 g/mol. The third-order valence-corrected chi connectivity index (χ3v) is 12.0. The summed E-state index contributed by atoms with van der Waals surface area (Å²) in [5.74, 6) is 5.22. The van der Waals surface area contributed by atoms with Gasteiger partial charge in [-0.3, -0.25) is 0 Å². The number of carbonyl (C=O) groups is 1. The van der Waals surface area contributed by atoms with E-state index in [-0.39, 0.29) is 12.1 Å². The van der Waals surface area contributed by atoms with Gasteiger partial charge in [0.15, 0.2) is 34.5 Å². The number of fused-ring (bicyclic) bond motifs is 6. The average Bonchev–Trinajstić information content (AvgIpc) is 4.14. The summed E-state index contributed by atoms with van der Waals surface area (Å²) in [6.07, 6.45) is 12.0. The molecule has 0 amide bonds. The second-order valence-corrected chi connectivity index (χ2v) is 17.9. The fraction of sp³-hybridized carbons (Fsp3) is 0.268. The second kappa shape index (κ2) is 20.1. The molecular formula is C56H57N3O8. The van der Waals surface area contributed by atoms with Crippen LogP contribution in [0.5, 0.6) is 34.5 Å². The molecule has 5 atom stereocenters. The number of aliphatic hydroxyl groups is 2. The van der Waals surface area contributed by atoms with Crippen LogP contribution in [0.4, 0.5) is 38.9 Å². The van der Waals surface area contributed by atoms with Crippen molar-refractivity contribution in [2.75, 3.05) is 15.1 Å². The van der Waals surface area contributed by atoms with E-state index in [1.165, 1.54) is 6.42 Å². The summed E-state index contributed by atoms with van der Waals surface area (Å²) in [5, 5.41) is 23.5. The Morgan fingerprint density at radius 3 is 1.42 bits per heavy atom. The minimum absolute atomic E-state index is 0.0881. The minimum Gasteiger partial charge on any atom is -0.453 e. The number of aliphatic hydroxyl groups excluding tert-OH is 2. The Balaban J connectivity index is 0.000000114. The normalized spacial score (nSPS) is 20.8. The molecule has 11 nitrogen and oxygen atoms in total. The van der Waals surface area contributed by atoms with E-state index in [9.17, 15) is 15.0 Å². The van der Waals surface area contributed by atoms with E-state index in [2.05, 4.69) is 51.5 Å². The maximum atomic E-state index is 11.1. The van der Waals surface area contributed by atoms with Gasteiger partial charge in [-0.1, -0.05) is 91.0 Å². The number of anilines is 6. The summed E-state index contributed by atoms with van der Waals surface area (Å²) in [6.45, 7) is 5.45. The number of nitrogens with one attached hydrogen (secondary N) is 1. The predicted octanol–water partition coefficient (Wildman–Crippen LogP) is 13.7. The quantitative estimate of drug-likeness (QED) is 0.116. The molecule has 0 radical (unpaired) electrons. The van der Waals surface area contributed by atoms with Crippen molar-refractivity contribution in [2.24, 2.45) is 0 Å². The summed E-state index contributed by atoms with van der Waals surface area (Å²) in [4.78, 5) is 15.6. The lowest BCUT2D eigenvalue weighted by molar-refractivity contribution is -0.0181. The molecule has 0 saturated heterocycles. The van der Waals surface area contributed by atoms with Crippen molar-refractivity contribution < 1.29 is 38.7 Å². The third kappa shape index (κ3) is 10.4. The van der Waals surface area contributed by atoms with Crippen LogP contribution in [0.15, 0.2) is 170 Å². The smallest absolute Gasteiger partial charge is 0.453 e. The molecule has 0 spiro atoms. The lowest BCUT2D eigenvalue weighted by Crippen LogP contribution is -2.41. The first kappa shape index (κ1) is 45.0. The highest BCUT2D eigenvalue weighted by Crippen LogP contribution is 2.50. The van der Waals surface area contributed by atoms with Gasteiger partial charge >= 0.3 is 6.16 Å². The molecule has 0 aromatic heterocycles. The second-order valence-electron chi connectivity index (χ2n) is 17.9. The van der Waals surface area contributed by atoms with Crippen LogP contribution in [0.3, 0.4) is 0 Å². The van der Waals surface area contributed by atoms with Crippen LogP contribution in [0.2, 0.25) is 0 Å². The fourth-order valence-electron chi connectivity index (χ4n) is 8.92. The molecule has 6 aromatic rings. The van der Waals surface area contributed by atoms with Gasteiger partial charge in [-0.2, -0.15) is 0 Å². The van der Waals surface area contributed by atoms with Gasteiger partial charge in [-0.05, 0) is 138 Å². The average molecular weight is 900 g/mol. The summed E-state index contributed by atoms with van der Waals surface area (Å²) in [6, 6.07) is 48.3. The fourth-order valence-corrected chi connectivity index (χ4v) is 8.92. The van der Waals surface area contributed by atoms with E-state index in [0.29, 0.717) is 12.5 Å². The number of allylic oxidation sites excluding steroid dienone is 2. The van der Waals surface area contributed by atoms with Crippen LogP contribution in [0.1, 0.15) is 59.3 Å². The Hall–Kier alpha value is -7.21. The van der Waals surface area contributed by atoms with E-state index < -0.39 is 24.0 Å². The van der Waals surface area contributed by atoms with Gasteiger partial charge in [0.1, 0.15) is 17.8 Å². The van der Waals surface area contributed by atoms with Crippen LogP contribution in [0, 0.1) is 0 Å². The number of hydrogen-bond donors (Lipinski definition) is 3. The van der Waals surface area contributed by atoms with Crippen molar-refractivity contribution in [3.63, 3.8) is 0 Å². The molecule has 3 heterocycles. The van der Waals surface area contributed by atoms with Crippen molar-refractivity contribution in [1.29, 1.82) is 0 Å². The molecule has 1 fully saturated rings.